The number of hydrogen-bond donors (Lipinski definition) is 1. The Kier molecular flexibility index (Phi) is 3.19. The molecule has 1 rings (SSSR count). The minimum Gasteiger partial charge on any atom is -0.384 e. The van der Waals surface area contributed by atoms with Gasteiger partial charge < -0.3 is 5.11 Å². The van der Waals surface area contributed by atoms with Crippen molar-refractivity contribution in [1.29, 1.82) is 0 Å². The van der Waals surface area contributed by atoms with Crippen molar-refractivity contribution in [3.8, 4) is 0 Å². The first kappa shape index (κ1) is 12.2. The molecular weight excluding hydrogens is 186 g/mol. The molecule has 0 aliphatic rings. The predicted octanol–water partition coefficient (Wildman–Crippen LogP) is 3.00. The summed E-state index contributed by atoms with van der Waals surface area (Å²) in [5.41, 5.74) is 1.25. The lowest BCUT2D eigenvalue weighted by molar-refractivity contribution is 0.0738. The maximum atomic E-state index is 9.78. The highest BCUT2D eigenvalue weighted by molar-refractivity contribution is 5.23. The molecule has 15 heavy (non-hydrogen) atoms. The zero-order valence-corrected chi connectivity index (χ0v) is 10.3. The van der Waals surface area contributed by atoms with Crippen molar-refractivity contribution in [2.24, 2.45) is 0 Å². The average molecular weight is 207 g/mol. The van der Waals surface area contributed by atoms with Crippen molar-refractivity contribution in [2.75, 3.05) is 0 Å². The first-order valence-electron chi connectivity index (χ1n) is 5.47. The third-order valence-corrected chi connectivity index (χ3v) is 3.06. The van der Waals surface area contributed by atoms with E-state index in [1.165, 1.54) is 5.56 Å². The third-order valence-electron chi connectivity index (χ3n) is 3.06. The van der Waals surface area contributed by atoms with Crippen LogP contribution in [0.15, 0.2) is 18.3 Å². The topological polar surface area (TPSA) is 33.1 Å². The molecule has 0 spiro atoms. The van der Waals surface area contributed by atoms with Gasteiger partial charge >= 0.3 is 0 Å². The second kappa shape index (κ2) is 3.93. The van der Waals surface area contributed by atoms with Gasteiger partial charge in [0.2, 0.25) is 0 Å². The van der Waals surface area contributed by atoms with E-state index in [9.17, 15) is 5.11 Å². The molecule has 2 nitrogen and oxygen atoms in total. The van der Waals surface area contributed by atoms with Crippen LogP contribution in [0.3, 0.4) is 0 Å². The van der Waals surface area contributed by atoms with Gasteiger partial charge in [-0.05, 0) is 37.3 Å². The Morgan fingerprint density at radius 2 is 1.80 bits per heavy atom. The highest BCUT2D eigenvalue weighted by atomic mass is 16.3. The molecule has 0 fully saturated rings. The van der Waals surface area contributed by atoms with Crippen LogP contribution in [-0.4, -0.2) is 10.1 Å². The van der Waals surface area contributed by atoms with Crippen LogP contribution in [0.25, 0.3) is 0 Å². The Balaban J connectivity index is 3.01. The Morgan fingerprint density at radius 1 is 1.20 bits per heavy atom. The molecule has 0 atom stereocenters. The molecule has 0 aliphatic carbocycles. The Labute approximate surface area is 92.4 Å². The van der Waals surface area contributed by atoms with Crippen molar-refractivity contribution in [2.45, 2.75) is 52.1 Å². The minimum absolute atomic E-state index is 0.158. The lowest BCUT2D eigenvalue weighted by Crippen LogP contribution is -2.20. The average Bonchev–Trinajstić information content (AvgIpc) is 2.17. The standard InChI is InChI=1S/C13H21NO/c1-6-12(2,3)10-7-8-11(14-9-10)13(4,5)15/h7-9,15H,6H2,1-5H3. The van der Waals surface area contributed by atoms with Crippen molar-refractivity contribution in [3.05, 3.63) is 29.6 Å². The molecule has 0 aliphatic heterocycles. The highest BCUT2D eigenvalue weighted by Gasteiger charge is 2.21. The molecule has 1 aromatic rings. The van der Waals surface area contributed by atoms with E-state index in [1.54, 1.807) is 13.8 Å². The molecule has 2 heteroatoms. The zero-order chi connectivity index (χ0) is 11.7. The quantitative estimate of drug-likeness (QED) is 0.826. The fourth-order valence-corrected chi connectivity index (χ4v) is 1.36. The van der Waals surface area contributed by atoms with Crippen LogP contribution in [0.1, 0.15) is 52.3 Å². The summed E-state index contributed by atoms with van der Waals surface area (Å²) in [4.78, 5) is 4.31. The summed E-state index contributed by atoms with van der Waals surface area (Å²) >= 11 is 0. The van der Waals surface area contributed by atoms with Crippen molar-refractivity contribution in [1.82, 2.24) is 4.98 Å². The molecule has 0 saturated carbocycles. The van der Waals surface area contributed by atoms with Gasteiger partial charge in [0.25, 0.3) is 0 Å². The van der Waals surface area contributed by atoms with E-state index in [1.807, 2.05) is 12.3 Å². The van der Waals surface area contributed by atoms with Crippen LogP contribution in [0.2, 0.25) is 0 Å². The Morgan fingerprint density at radius 3 is 2.13 bits per heavy atom. The smallest absolute Gasteiger partial charge is 0.101 e. The molecule has 1 heterocycles. The van der Waals surface area contributed by atoms with Gasteiger partial charge in [-0.15, -0.1) is 0 Å². The van der Waals surface area contributed by atoms with Gasteiger partial charge in [-0.1, -0.05) is 26.8 Å². The van der Waals surface area contributed by atoms with E-state index in [2.05, 4.69) is 31.8 Å². The summed E-state index contributed by atoms with van der Waals surface area (Å²) in [6.07, 6.45) is 2.95. The molecule has 0 unspecified atom stereocenters. The maximum absolute atomic E-state index is 9.78. The molecule has 0 aromatic carbocycles. The fraction of sp³-hybridized carbons (Fsp3) is 0.615. The van der Waals surface area contributed by atoms with Gasteiger partial charge in [-0.25, -0.2) is 0 Å². The second-order valence-corrected chi connectivity index (χ2v) is 5.23. The van der Waals surface area contributed by atoms with E-state index in [4.69, 9.17) is 0 Å². The number of aliphatic hydroxyl groups is 1. The Hall–Kier alpha value is -0.890. The van der Waals surface area contributed by atoms with Gasteiger partial charge in [-0.3, -0.25) is 4.98 Å². The third kappa shape index (κ3) is 2.78. The monoisotopic (exact) mass is 207 g/mol. The normalized spacial score (nSPS) is 12.9. The largest absolute Gasteiger partial charge is 0.384 e. The molecule has 0 saturated heterocycles. The molecule has 84 valence electrons. The van der Waals surface area contributed by atoms with Gasteiger partial charge in [0.15, 0.2) is 0 Å². The molecule has 0 amide bonds. The van der Waals surface area contributed by atoms with Gasteiger partial charge in [0, 0.05) is 6.20 Å². The van der Waals surface area contributed by atoms with E-state index >= 15 is 0 Å². The first-order valence-corrected chi connectivity index (χ1v) is 5.47. The summed E-state index contributed by atoms with van der Waals surface area (Å²) in [5.74, 6) is 0. The first-order chi connectivity index (χ1) is 6.77. The number of rotatable bonds is 3. The zero-order valence-electron chi connectivity index (χ0n) is 10.3. The highest BCUT2D eigenvalue weighted by Crippen LogP contribution is 2.27. The summed E-state index contributed by atoms with van der Waals surface area (Å²) in [6.45, 7) is 10.1. The lowest BCUT2D eigenvalue weighted by Gasteiger charge is -2.24. The summed E-state index contributed by atoms with van der Waals surface area (Å²) in [7, 11) is 0. The fourth-order valence-electron chi connectivity index (χ4n) is 1.36. The van der Waals surface area contributed by atoms with E-state index in [-0.39, 0.29) is 5.41 Å². The molecule has 0 bridgehead atoms. The van der Waals surface area contributed by atoms with Gasteiger partial charge in [0.05, 0.1) is 5.69 Å². The maximum Gasteiger partial charge on any atom is 0.101 e. The van der Waals surface area contributed by atoms with Crippen LogP contribution in [0, 0.1) is 0 Å². The lowest BCUT2D eigenvalue weighted by atomic mass is 9.83. The predicted molar refractivity (Wildman–Crippen MR) is 62.8 cm³/mol. The van der Waals surface area contributed by atoms with E-state index in [0.29, 0.717) is 0 Å². The second-order valence-electron chi connectivity index (χ2n) is 5.23. The van der Waals surface area contributed by atoms with Crippen molar-refractivity contribution < 1.29 is 5.11 Å². The van der Waals surface area contributed by atoms with Crippen molar-refractivity contribution >= 4 is 0 Å². The van der Waals surface area contributed by atoms with Gasteiger partial charge in [0.1, 0.15) is 5.60 Å². The van der Waals surface area contributed by atoms with Crippen molar-refractivity contribution in [3.63, 3.8) is 0 Å². The minimum atomic E-state index is -0.852. The number of nitrogens with zero attached hydrogens (tertiary/aromatic N) is 1. The molecule has 0 radical (unpaired) electrons. The van der Waals surface area contributed by atoms with E-state index < -0.39 is 5.60 Å². The molecule has 1 N–H and O–H groups in total. The van der Waals surface area contributed by atoms with E-state index in [0.717, 1.165) is 12.1 Å². The van der Waals surface area contributed by atoms with Crippen LogP contribution in [0.4, 0.5) is 0 Å². The number of hydrogen-bond acceptors (Lipinski definition) is 2. The molecule has 1 aromatic heterocycles. The van der Waals surface area contributed by atoms with Crippen LogP contribution < -0.4 is 0 Å². The number of pyridine rings is 1. The summed E-state index contributed by atoms with van der Waals surface area (Å²) < 4.78 is 0. The van der Waals surface area contributed by atoms with Gasteiger partial charge in [-0.2, -0.15) is 0 Å². The SMILES string of the molecule is CCC(C)(C)c1ccc(C(C)(C)O)nc1. The van der Waals surface area contributed by atoms with Crippen LogP contribution >= 0.6 is 0 Å². The summed E-state index contributed by atoms with van der Waals surface area (Å²) in [5, 5.41) is 9.78. The van der Waals surface area contributed by atoms with Crippen LogP contribution in [0.5, 0.6) is 0 Å². The Bertz CT molecular complexity index is 319. The number of aromatic nitrogens is 1. The molecular formula is C13H21NO. The summed E-state index contributed by atoms with van der Waals surface area (Å²) in [6, 6.07) is 3.97. The van der Waals surface area contributed by atoms with Crippen LogP contribution in [-0.2, 0) is 11.0 Å².